The van der Waals surface area contributed by atoms with E-state index in [0.29, 0.717) is 18.4 Å². The van der Waals surface area contributed by atoms with Crippen molar-refractivity contribution in [3.63, 3.8) is 0 Å². The van der Waals surface area contributed by atoms with Crippen LogP contribution in [-0.2, 0) is 10.6 Å². The number of aryl methyl sites for hydroxylation is 1. The van der Waals surface area contributed by atoms with Gasteiger partial charge in [0, 0.05) is 24.2 Å². The molecular formula is C13H18ClNO2. The zero-order valence-electron chi connectivity index (χ0n) is 10.1. The Kier molecular flexibility index (Phi) is 4.63. The van der Waals surface area contributed by atoms with E-state index < -0.39 is 0 Å². The van der Waals surface area contributed by atoms with Crippen LogP contribution in [0.4, 0.5) is 0 Å². The summed E-state index contributed by atoms with van der Waals surface area (Å²) in [6, 6.07) is 3.86. The topological polar surface area (TPSA) is 31.4 Å². The van der Waals surface area contributed by atoms with Crippen LogP contribution in [0.25, 0.3) is 0 Å². The highest BCUT2D eigenvalue weighted by Gasteiger charge is 2.14. The maximum Gasteiger partial charge on any atom is 0.213 e. The normalized spacial score (nSPS) is 20.2. The lowest BCUT2D eigenvalue weighted by Gasteiger charge is -2.22. The summed E-state index contributed by atoms with van der Waals surface area (Å²) in [5.41, 5.74) is 1.97. The van der Waals surface area contributed by atoms with Gasteiger partial charge in [0.15, 0.2) is 0 Å². The number of nitrogens with zero attached hydrogens (tertiary/aromatic N) is 1. The third-order valence-corrected chi connectivity index (χ3v) is 3.14. The van der Waals surface area contributed by atoms with Gasteiger partial charge in [-0.05, 0) is 37.8 Å². The molecule has 2 heterocycles. The fourth-order valence-corrected chi connectivity index (χ4v) is 2.13. The average molecular weight is 256 g/mol. The Morgan fingerprint density at radius 3 is 3.06 bits per heavy atom. The molecule has 0 radical (unpaired) electrons. The fourth-order valence-electron chi connectivity index (χ4n) is 1.98. The Morgan fingerprint density at radius 2 is 2.35 bits per heavy atom. The maximum absolute atomic E-state index is 5.81. The molecule has 1 fully saturated rings. The molecule has 0 saturated carbocycles. The van der Waals surface area contributed by atoms with E-state index in [1.807, 2.05) is 19.1 Å². The van der Waals surface area contributed by atoms with Crippen molar-refractivity contribution < 1.29 is 9.47 Å². The zero-order valence-corrected chi connectivity index (χ0v) is 10.9. The summed E-state index contributed by atoms with van der Waals surface area (Å²) < 4.78 is 11.3. The SMILES string of the molecule is Cc1cc(CCl)cc(OCC2CCCCO2)n1. The second-order valence-corrected chi connectivity index (χ2v) is 4.66. The van der Waals surface area contributed by atoms with Crippen LogP contribution >= 0.6 is 11.6 Å². The monoisotopic (exact) mass is 255 g/mol. The van der Waals surface area contributed by atoms with E-state index in [1.165, 1.54) is 6.42 Å². The Balaban J connectivity index is 1.91. The molecule has 1 saturated heterocycles. The maximum atomic E-state index is 5.81. The molecule has 0 spiro atoms. The molecule has 94 valence electrons. The highest BCUT2D eigenvalue weighted by atomic mass is 35.5. The molecule has 0 aromatic carbocycles. The fraction of sp³-hybridized carbons (Fsp3) is 0.615. The first-order valence-corrected chi connectivity index (χ1v) is 6.59. The van der Waals surface area contributed by atoms with Crippen molar-refractivity contribution in [2.24, 2.45) is 0 Å². The lowest BCUT2D eigenvalue weighted by molar-refractivity contribution is -0.0119. The zero-order chi connectivity index (χ0) is 12.1. The molecule has 0 bridgehead atoms. The number of halogens is 1. The molecule has 2 rings (SSSR count). The van der Waals surface area contributed by atoms with Crippen molar-refractivity contribution in [3.8, 4) is 5.88 Å². The Bertz CT molecular complexity index is 364. The average Bonchev–Trinajstić information content (AvgIpc) is 2.37. The van der Waals surface area contributed by atoms with Crippen LogP contribution in [0.1, 0.15) is 30.5 Å². The molecular weight excluding hydrogens is 238 g/mol. The predicted molar refractivity (Wildman–Crippen MR) is 67.6 cm³/mol. The lowest BCUT2D eigenvalue weighted by atomic mass is 10.1. The lowest BCUT2D eigenvalue weighted by Crippen LogP contribution is -2.26. The van der Waals surface area contributed by atoms with Crippen molar-refractivity contribution in [1.29, 1.82) is 0 Å². The van der Waals surface area contributed by atoms with E-state index in [4.69, 9.17) is 21.1 Å². The van der Waals surface area contributed by atoms with Crippen molar-refractivity contribution >= 4 is 11.6 Å². The Labute approximate surface area is 107 Å². The second kappa shape index (κ2) is 6.22. The van der Waals surface area contributed by atoms with Crippen molar-refractivity contribution in [2.45, 2.75) is 38.2 Å². The van der Waals surface area contributed by atoms with E-state index in [2.05, 4.69) is 4.98 Å². The number of hydrogen-bond acceptors (Lipinski definition) is 3. The van der Waals surface area contributed by atoms with Crippen LogP contribution in [0.15, 0.2) is 12.1 Å². The van der Waals surface area contributed by atoms with E-state index in [0.717, 1.165) is 30.7 Å². The second-order valence-electron chi connectivity index (χ2n) is 4.39. The highest BCUT2D eigenvalue weighted by molar-refractivity contribution is 6.17. The van der Waals surface area contributed by atoms with Gasteiger partial charge in [-0.1, -0.05) is 0 Å². The number of hydrogen-bond donors (Lipinski definition) is 0. The largest absolute Gasteiger partial charge is 0.475 e. The molecule has 1 aromatic heterocycles. The Morgan fingerprint density at radius 1 is 1.47 bits per heavy atom. The predicted octanol–water partition coefficient (Wildman–Crippen LogP) is 3.08. The number of alkyl halides is 1. The first kappa shape index (κ1) is 12.7. The van der Waals surface area contributed by atoms with Gasteiger partial charge in [0.05, 0.1) is 6.10 Å². The molecule has 0 amide bonds. The van der Waals surface area contributed by atoms with Crippen LogP contribution in [0.5, 0.6) is 5.88 Å². The first-order chi connectivity index (χ1) is 8.28. The van der Waals surface area contributed by atoms with Crippen molar-refractivity contribution in [2.75, 3.05) is 13.2 Å². The van der Waals surface area contributed by atoms with Gasteiger partial charge in [0.1, 0.15) is 6.61 Å². The summed E-state index contributed by atoms with van der Waals surface area (Å²) in [7, 11) is 0. The molecule has 17 heavy (non-hydrogen) atoms. The summed E-state index contributed by atoms with van der Waals surface area (Å²) in [4.78, 5) is 4.33. The van der Waals surface area contributed by atoms with Gasteiger partial charge in [0.2, 0.25) is 5.88 Å². The molecule has 1 aliphatic heterocycles. The van der Waals surface area contributed by atoms with Crippen LogP contribution < -0.4 is 4.74 Å². The van der Waals surface area contributed by atoms with Gasteiger partial charge in [-0.15, -0.1) is 11.6 Å². The van der Waals surface area contributed by atoms with E-state index in [-0.39, 0.29) is 6.10 Å². The number of ether oxygens (including phenoxy) is 2. The number of aromatic nitrogens is 1. The first-order valence-electron chi connectivity index (χ1n) is 6.06. The molecule has 1 aromatic rings. The van der Waals surface area contributed by atoms with Gasteiger partial charge < -0.3 is 9.47 Å². The van der Waals surface area contributed by atoms with Crippen LogP contribution in [0.3, 0.4) is 0 Å². The molecule has 1 unspecified atom stereocenters. The third-order valence-electron chi connectivity index (χ3n) is 2.84. The molecule has 0 aliphatic carbocycles. The van der Waals surface area contributed by atoms with E-state index in [9.17, 15) is 0 Å². The van der Waals surface area contributed by atoms with Crippen molar-refractivity contribution in [1.82, 2.24) is 4.98 Å². The van der Waals surface area contributed by atoms with Crippen molar-refractivity contribution in [3.05, 3.63) is 23.4 Å². The minimum atomic E-state index is 0.213. The molecule has 1 atom stereocenters. The van der Waals surface area contributed by atoms with Gasteiger partial charge >= 0.3 is 0 Å². The quantitative estimate of drug-likeness (QED) is 0.775. The summed E-state index contributed by atoms with van der Waals surface area (Å²) in [6.45, 7) is 3.38. The van der Waals surface area contributed by atoms with Gasteiger partial charge in [-0.25, -0.2) is 4.98 Å². The molecule has 1 aliphatic rings. The number of pyridine rings is 1. The van der Waals surface area contributed by atoms with E-state index in [1.54, 1.807) is 0 Å². The highest BCUT2D eigenvalue weighted by Crippen LogP contribution is 2.17. The molecule has 0 N–H and O–H groups in total. The molecule has 3 nitrogen and oxygen atoms in total. The third kappa shape index (κ3) is 3.86. The van der Waals surface area contributed by atoms with E-state index >= 15 is 0 Å². The minimum absolute atomic E-state index is 0.213. The van der Waals surface area contributed by atoms with Crippen LogP contribution in [-0.4, -0.2) is 24.3 Å². The standard InChI is InChI=1S/C13H18ClNO2/c1-10-6-11(8-14)7-13(15-10)17-9-12-4-2-3-5-16-12/h6-7,12H,2-5,8-9H2,1H3. The van der Waals surface area contributed by atoms with Gasteiger partial charge in [-0.3, -0.25) is 0 Å². The summed E-state index contributed by atoms with van der Waals surface area (Å²) in [6.07, 6.45) is 3.68. The molecule has 4 heteroatoms. The minimum Gasteiger partial charge on any atom is -0.475 e. The van der Waals surface area contributed by atoms with Gasteiger partial charge in [-0.2, -0.15) is 0 Å². The summed E-state index contributed by atoms with van der Waals surface area (Å²) >= 11 is 5.81. The van der Waals surface area contributed by atoms with Gasteiger partial charge in [0.25, 0.3) is 0 Å². The Hall–Kier alpha value is -0.800. The smallest absolute Gasteiger partial charge is 0.213 e. The number of rotatable bonds is 4. The summed E-state index contributed by atoms with van der Waals surface area (Å²) in [5, 5.41) is 0. The van der Waals surface area contributed by atoms with Crippen LogP contribution in [0.2, 0.25) is 0 Å². The van der Waals surface area contributed by atoms with Crippen LogP contribution in [0, 0.1) is 6.92 Å². The summed E-state index contributed by atoms with van der Waals surface area (Å²) in [5.74, 6) is 1.13.